The van der Waals surface area contributed by atoms with Crippen molar-refractivity contribution in [3.05, 3.63) is 28.2 Å². The summed E-state index contributed by atoms with van der Waals surface area (Å²) < 4.78 is 7.02. The number of nitrogens with one attached hydrogen (secondary N) is 1. The van der Waals surface area contributed by atoms with Gasteiger partial charge < -0.3 is 10.1 Å². The Balaban J connectivity index is 1.53. The van der Waals surface area contributed by atoms with Gasteiger partial charge in [-0.05, 0) is 49.1 Å². The van der Waals surface area contributed by atoms with Gasteiger partial charge >= 0.3 is 0 Å². The first-order chi connectivity index (χ1) is 7.81. The lowest BCUT2D eigenvalue weighted by molar-refractivity contribution is 0.227. The molecule has 1 aromatic rings. The molecule has 1 N–H and O–H groups in total. The van der Waals surface area contributed by atoms with Gasteiger partial charge in [0, 0.05) is 17.4 Å². The molecule has 0 spiro atoms. The first-order valence-electron chi connectivity index (χ1n) is 5.97. The molecule has 1 aromatic carbocycles. The van der Waals surface area contributed by atoms with E-state index in [-0.39, 0.29) is 0 Å². The molecule has 1 saturated carbocycles. The second-order valence-electron chi connectivity index (χ2n) is 4.80. The molecule has 0 radical (unpaired) electrons. The first kappa shape index (κ1) is 10.6. The molecule has 2 aliphatic rings. The molecule has 1 aliphatic carbocycles. The molecule has 0 aromatic heterocycles. The fourth-order valence-electron chi connectivity index (χ4n) is 2.17. The van der Waals surface area contributed by atoms with E-state index in [1.807, 2.05) is 6.07 Å². The highest BCUT2D eigenvalue weighted by molar-refractivity contribution is 9.10. The van der Waals surface area contributed by atoms with Gasteiger partial charge in [-0.2, -0.15) is 0 Å². The van der Waals surface area contributed by atoms with E-state index < -0.39 is 0 Å². The van der Waals surface area contributed by atoms with Gasteiger partial charge in [0.05, 0.1) is 0 Å². The summed E-state index contributed by atoms with van der Waals surface area (Å²) in [6.45, 7) is 2.14. The standard InChI is InChI=1S/C13H16BrNO/c14-11-3-4-13-10(5-11)6-12(16-13)8-15-7-9-1-2-9/h3-5,9,12,15H,1-2,6-8H2. The number of hydrogen-bond donors (Lipinski definition) is 1. The van der Waals surface area contributed by atoms with Gasteiger partial charge in [0.1, 0.15) is 11.9 Å². The Morgan fingerprint density at radius 3 is 3.00 bits per heavy atom. The Morgan fingerprint density at radius 2 is 2.19 bits per heavy atom. The van der Waals surface area contributed by atoms with Gasteiger partial charge in [0.15, 0.2) is 0 Å². The lowest BCUT2D eigenvalue weighted by Gasteiger charge is -2.11. The number of fused-ring (bicyclic) bond motifs is 1. The Labute approximate surface area is 105 Å². The van der Waals surface area contributed by atoms with Crippen LogP contribution in [0.5, 0.6) is 5.75 Å². The molecule has 1 fully saturated rings. The molecule has 0 bridgehead atoms. The lowest BCUT2D eigenvalue weighted by atomic mass is 10.1. The third-order valence-corrected chi connectivity index (χ3v) is 3.76. The van der Waals surface area contributed by atoms with Crippen LogP contribution in [0, 0.1) is 5.92 Å². The van der Waals surface area contributed by atoms with Crippen molar-refractivity contribution < 1.29 is 4.74 Å². The minimum Gasteiger partial charge on any atom is -0.488 e. The van der Waals surface area contributed by atoms with Crippen molar-refractivity contribution in [2.45, 2.75) is 25.4 Å². The number of ether oxygens (including phenoxy) is 1. The molecule has 3 heteroatoms. The molecule has 1 unspecified atom stereocenters. The van der Waals surface area contributed by atoms with E-state index in [9.17, 15) is 0 Å². The Bertz CT molecular complexity index is 390. The number of hydrogen-bond acceptors (Lipinski definition) is 2. The van der Waals surface area contributed by atoms with Crippen LogP contribution in [0.1, 0.15) is 18.4 Å². The number of halogens is 1. The molecule has 3 rings (SSSR count). The predicted octanol–water partition coefficient (Wildman–Crippen LogP) is 2.75. The maximum Gasteiger partial charge on any atom is 0.123 e. The van der Waals surface area contributed by atoms with Gasteiger partial charge in [-0.3, -0.25) is 0 Å². The third kappa shape index (κ3) is 2.41. The molecule has 2 nitrogen and oxygen atoms in total. The zero-order chi connectivity index (χ0) is 11.0. The molecular weight excluding hydrogens is 266 g/mol. The quantitative estimate of drug-likeness (QED) is 0.917. The molecule has 16 heavy (non-hydrogen) atoms. The maximum atomic E-state index is 5.88. The Morgan fingerprint density at radius 1 is 1.31 bits per heavy atom. The van der Waals surface area contributed by atoms with Crippen LogP contribution in [0.4, 0.5) is 0 Å². The topological polar surface area (TPSA) is 21.3 Å². The number of benzene rings is 1. The van der Waals surface area contributed by atoms with Crippen molar-refractivity contribution in [2.75, 3.05) is 13.1 Å². The van der Waals surface area contributed by atoms with E-state index in [1.165, 1.54) is 24.9 Å². The third-order valence-electron chi connectivity index (χ3n) is 3.27. The molecule has 1 atom stereocenters. The van der Waals surface area contributed by atoms with Crippen LogP contribution < -0.4 is 10.1 Å². The van der Waals surface area contributed by atoms with Crippen LogP contribution in [-0.4, -0.2) is 19.2 Å². The van der Waals surface area contributed by atoms with Crippen LogP contribution in [0.3, 0.4) is 0 Å². The summed E-state index contributed by atoms with van der Waals surface area (Å²) in [4.78, 5) is 0. The van der Waals surface area contributed by atoms with Crippen molar-refractivity contribution in [2.24, 2.45) is 5.92 Å². The minimum absolute atomic E-state index is 0.322. The van der Waals surface area contributed by atoms with E-state index in [4.69, 9.17) is 4.74 Å². The minimum atomic E-state index is 0.322. The van der Waals surface area contributed by atoms with Gasteiger partial charge in [0.2, 0.25) is 0 Å². The number of rotatable bonds is 4. The molecule has 0 saturated heterocycles. The highest BCUT2D eigenvalue weighted by Gasteiger charge is 2.24. The molecule has 1 aliphatic heterocycles. The second kappa shape index (κ2) is 4.38. The normalized spacial score (nSPS) is 22.9. The highest BCUT2D eigenvalue weighted by Crippen LogP contribution is 2.31. The summed E-state index contributed by atoms with van der Waals surface area (Å²) in [6.07, 6.45) is 4.17. The largest absolute Gasteiger partial charge is 0.488 e. The molecule has 0 amide bonds. The Kier molecular flexibility index (Phi) is 2.90. The SMILES string of the molecule is Brc1ccc2c(c1)CC(CNCC1CC1)O2. The van der Waals surface area contributed by atoms with E-state index in [0.717, 1.165) is 29.1 Å². The van der Waals surface area contributed by atoms with Gasteiger partial charge in [-0.1, -0.05) is 15.9 Å². The van der Waals surface area contributed by atoms with Crippen molar-refractivity contribution >= 4 is 15.9 Å². The fourth-order valence-corrected chi connectivity index (χ4v) is 2.58. The van der Waals surface area contributed by atoms with Gasteiger partial charge in [-0.15, -0.1) is 0 Å². The Hall–Kier alpha value is -0.540. The second-order valence-corrected chi connectivity index (χ2v) is 5.71. The van der Waals surface area contributed by atoms with E-state index in [1.54, 1.807) is 0 Å². The maximum absolute atomic E-state index is 5.88. The van der Waals surface area contributed by atoms with Crippen LogP contribution in [0.25, 0.3) is 0 Å². The summed E-state index contributed by atoms with van der Waals surface area (Å²) >= 11 is 3.49. The first-order valence-corrected chi connectivity index (χ1v) is 6.76. The van der Waals surface area contributed by atoms with Crippen molar-refractivity contribution in [3.63, 3.8) is 0 Å². The van der Waals surface area contributed by atoms with Crippen LogP contribution >= 0.6 is 15.9 Å². The zero-order valence-corrected chi connectivity index (χ0v) is 10.8. The fraction of sp³-hybridized carbons (Fsp3) is 0.538. The highest BCUT2D eigenvalue weighted by atomic mass is 79.9. The summed E-state index contributed by atoms with van der Waals surface area (Å²) in [5.41, 5.74) is 1.33. The summed E-state index contributed by atoms with van der Waals surface area (Å²) in [7, 11) is 0. The van der Waals surface area contributed by atoms with Crippen LogP contribution in [0.15, 0.2) is 22.7 Å². The van der Waals surface area contributed by atoms with E-state index in [0.29, 0.717) is 6.10 Å². The average molecular weight is 282 g/mol. The van der Waals surface area contributed by atoms with Crippen molar-refractivity contribution in [1.82, 2.24) is 5.32 Å². The zero-order valence-electron chi connectivity index (χ0n) is 9.21. The van der Waals surface area contributed by atoms with E-state index in [2.05, 4.69) is 33.4 Å². The summed E-state index contributed by atoms with van der Waals surface area (Å²) in [5.74, 6) is 2.00. The molecular formula is C13H16BrNO. The van der Waals surface area contributed by atoms with Crippen LogP contribution in [-0.2, 0) is 6.42 Å². The predicted molar refractivity (Wildman–Crippen MR) is 67.9 cm³/mol. The summed E-state index contributed by atoms with van der Waals surface area (Å²) in [5, 5.41) is 3.50. The molecule has 1 heterocycles. The average Bonchev–Trinajstić information content (AvgIpc) is 2.98. The summed E-state index contributed by atoms with van der Waals surface area (Å²) in [6, 6.07) is 6.26. The van der Waals surface area contributed by atoms with Crippen LogP contribution in [0.2, 0.25) is 0 Å². The van der Waals surface area contributed by atoms with E-state index >= 15 is 0 Å². The monoisotopic (exact) mass is 281 g/mol. The smallest absolute Gasteiger partial charge is 0.123 e. The van der Waals surface area contributed by atoms with Crippen molar-refractivity contribution in [3.8, 4) is 5.75 Å². The molecule has 86 valence electrons. The lowest BCUT2D eigenvalue weighted by Crippen LogP contribution is -2.31. The van der Waals surface area contributed by atoms with Gasteiger partial charge in [-0.25, -0.2) is 0 Å². The van der Waals surface area contributed by atoms with Crippen molar-refractivity contribution in [1.29, 1.82) is 0 Å². The van der Waals surface area contributed by atoms with Gasteiger partial charge in [0.25, 0.3) is 0 Å².